The predicted octanol–water partition coefficient (Wildman–Crippen LogP) is 1.83. The number of ketones is 1. The lowest BCUT2D eigenvalue weighted by Gasteiger charge is -1.96. The molecule has 0 saturated heterocycles. The zero-order valence-electron chi connectivity index (χ0n) is 9.03. The normalized spacial score (nSPS) is 8.81. The van der Waals surface area contributed by atoms with E-state index in [9.17, 15) is 9.59 Å². The van der Waals surface area contributed by atoms with Gasteiger partial charge >= 0.3 is 5.97 Å². The Balaban J connectivity index is 2.42. The van der Waals surface area contributed by atoms with Gasteiger partial charge in [0.05, 0.1) is 7.11 Å². The van der Waals surface area contributed by atoms with Crippen LogP contribution < -0.4 is 0 Å². The van der Waals surface area contributed by atoms with Crippen LogP contribution in [0.3, 0.4) is 0 Å². The third-order valence-corrected chi connectivity index (χ3v) is 1.95. The van der Waals surface area contributed by atoms with Crippen molar-refractivity contribution in [3.63, 3.8) is 0 Å². The summed E-state index contributed by atoms with van der Waals surface area (Å²) in [7, 11) is 1.27. The summed E-state index contributed by atoms with van der Waals surface area (Å²) in [6, 6.07) is 9.00. The van der Waals surface area contributed by atoms with Crippen LogP contribution in [0.5, 0.6) is 0 Å². The van der Waals surface area contributed by atoms with Crippen LogP contribution in [0.1, 0.15) is 23.2 Å². The SMILES string of the molecule is COC(=O)C#CCCC(=O)c1ccccc1. The van der Waals surface area contributed by atoms with Gasteiger partial charge in [-0.25, -0.2) is 4.79 Å². The third kappa shape index (κ3) is 3.97. The molecule has 3 nitrogen and oxygen atoms in total. The molecule has 0 aliphatic heterocycles. The largest absolute Gasteiger partial charge is 0.459 e. The molecule has 0 aliphatic rings. The average Bonchev–Trinajstić information content (AvgIpc) is 2.35. The van der Waals surface area contributed by atoms with Crippen molar-refractivity contribution in [2.75, 3.05) is 7.11 Å². The van der Waals surface area contributed by atoms with Crippen LogP contribution in [0.25, 0.3) is 0 Å². The molecular formula is C13H12O3. The zero-order valence-corrected chi connectivity index (χ0v) is 9.03. The van der Waals surface area contributed by atoms with Gasteiger partial charge in [0.2, 0.25) is 0 Å². The van der Waals surface area contributed by atoms with E-state index in [1.54, 1.807) is 12.1 Å². The lowest BCUT2D eigenvalue weighted by atomic mass is 10.1. The highest BCUT2D eigenvalue weighted by molar-refractivity contribution is 5.96. The maximum Gasteiger partial charge on any atom is 0.384 e. The number of methoxy groups -OCH3 is 1. The van der Waals surface area contributed by atoms with Crippen LogP contribution in [0.15, 0.2) is 30.3 Å². The molecule has 82 valence electrons. The fourth-order valence-corrected chi connectivity index (χ4v) is 1.13. The Morgan fingerprint density at radius 3 is 2.56 bits per heavy atom. The molecule has 0 atom stereocenters. The minimum Gasteiger partial charge on any atom is -0.459 e. The van der Waals surface area contributed by atoms with E-state index < -0.39 is 5.97 Å². The zero-order chi connectivity index (χ0) is 11.8. The number of esters is 1. The van der Waals surface area contributed by atoms with Crippen molar-refractivity contribution in [1.82, 2.24) is 0 Å². The van der Waals surface area contributed by atoms with Crippen LogP contribution in [-0.4, -0.2) is 18.9 Å². The first-order valence-corrected chi connectivity index (χ1v) is 4.89. The lowest BCUT2D eigenvalue weighted by molar-refractivity contribution is -0.133. The smallest absolute Gasteiger partial charge is 0.384 e. The van der Waals surface area contributed by atoms with Crippen LogP contribution in [0.2, 0.25) is 0 Å². The fraction of sp³-hybridized carbons (Fsp3) is 0.231. The standard InChI is InChI=1S/C13H12O3/c1-16-13(15)10-6-5-9-12(14)11-7-3-2-4-8-11/h2-4,7-8H,5,9H2,1H3. The summed E-state index contributed by atoms with van der Waals surface area (Å²) in [5, 5.41) is 0. The molecule has 0 spiro atoms. The number of carbonyl (C=O) groups is 2. The number of hydrogen-bond donors (Lipinski definition) is 0. The van der Waals surface area contributed by atoms with Crippen molar-refractivity contribution in [1.29, 1.82) is 0 Å². The minimum atomic E-state index is -0.577. The number of ether oxygens (including phenoxy) is 1. The molecule has 1 aromatic carbocycles. The average molecular weight is 216 g/mol. The maximum absolute atomic E-state index is 11.6. The van der Waals surface area contributed by atoms with Crippen molar-refractivity contribution >= 4 is 11.8 Å². The van der Waals surface area contributed by atoms with Gasteiger partial charge in [0, 0.05) is 24.3 Å². The van der Waals surface area contributed by atoms with Crippen LogP contribution >= 0.6 is 0 Å². The van der Waals surface area contributed by atoms with E-state index in [2.05, 4.69) is 16.6 Å². The summed E-state index contributed by atoms with van der Waals surface area (Å²) >= 11 is 0. The number of benzene rings is 1. The van der Waals surface area contributed by atoms with Gasteiger partial charge in [0.1, 0.15) is 0 Å². The van der Waals surface area contributed by atoms with E-state index >= 15 is 0 Å². The monoisotopic (exact) mass is 216 g/mol. The first-order chi connectivity index (χ1) is 7.74. The molecule has 0 unspecified atom stereocenters. The number of Topliss-reactive ketones (excluding diaryl/α,β-unsaturated/α-hetero) is 1. The molecule has 1 rings (SSSR count). The van der Waals surface area contributed by atoms with Crippen LogP contribution in [0, 0.1) is 11.8 Å². The number of hydrogen-bond acceptors (Lipinski definition) is 3. The Kier molecular flexibility index (Phi) is 4.81. The van der Waals surface area contributed by atoms with E-state index in [1.165, 1.54) is 7.11 Å². The summed E-state index contributed by atoms with van der Waals surface area (Å²) in [5.41, 5.74) is 0.669. The molecular weight excluding hydrogens is 204 g/mol. The molecule has 0 radical (unpaired) electrons. The number of rotatable bonds is 3. The van der Waals surface area contributed by atoms with Gasteiger partial charge in [-0.2, -0.15) is 0 Å². The second-order valence-corrected chi connectivity index (χ2v) is 3.08. The Morgan fingerprint density at radius 1 is 1.25 bits per heavy atom. The van der Waals surface area contributed by atoms with Crippen LogP contribution in [-0.2, 0) is 9.53 Å². The maximum atomic E-state index is 11.6. The highest BCUT2D eigenvalue weighted by atomic mass is 16.5. The Bertz CT molecular complexity index is 423. The molecule has 1 aromatic rings. The van der Waals surface area contributed by atoms with E-state index in [0.717, 1.165) is 0 Å². The third-order valence-electron chi connectivity index (χ3n) is 1.95. The van der Waals surface area contributed by atoms with Gasteiger partial charge in [0.25, 0.3) is 0 Å². The Morgan fingerprint density at radius 2 is 1.94 bits per heavy atom. The Labute approximate surface area is 94.4 Å². The van der Waals surface area contributed by atoms with Crippen molar-refractivity contribution in [3.05, 3.63) is 35.9 Å². The van der Waals surface area contributed by atoms with Crippen molar-refractivity contribution in [2.45, 2.75) is 12.8 Å². The summed E-state index contributed by atoms with van der Waals surface area (Å²) in [4.78, 5) is 22.2. The first kappa shape index (κ1) is 12.0. The van der Waals surface area contributed by atoms with Gasteiger partial charge in [-0.05, 0) is 0 Å². The predicted molar refractivity (Wildman–Crippen MR) is 59.8 cm³/mol. The molecule has 0 heterocycles. The van der Waals surface area contributed by atoms with Crippen molar-refractivity contribution in [2.24, 2.45) is 0 Å². The van der Waals surface area contributed by atoms with Gasteiger partial charge < -0.3 is 4.74 Å². The molecule has 3 heteroatoms. The van der Waals surface area contributed by atoms with E-state index in [1.807, 2.05) is 18.2 Å². The number of carbonyl (C=O) groups excluding carboxylic acids is 2. The van der Waals surface area contributed by atoms with Crippen molar-refractivity contribution < 1.29 is 14.3 Å². The molecule has 0 aliphatic carbocycles. The molecule has 16 heavy (non-hydrogen) atoms. The highest BCUT2D eigenvalue weighted by Gasteiger charge is 2.02. The molecule has 0 amide bonds. The van der Waals surface area contributed by atoms with Gasteiger partial charge in [0.15, 0.2) is 5.78 Å². The second kappa shape index (κ2) is 6.41. The summed E-state index contributed by atoms with van der Waals surface area (Å²) in [6.07, 6.45) is 0.677. The highest BCUT2D eigenvalue weighted by Crippen LogP contribution is 2.04. The molecule has 0 aromatic heterocycles. The minimum absolute atomic E-state index is 0.0276. The summed E-state index contributed by atoms with van der Waals surface area (Å²) in [6.45, 7) is 0. The second-order valence-electron chi connectivity index (χ2n) is 3.08. The Hall–Kier alpha value is -2.08. The first-order valence-electron chi connectivity index (χ1n) is 4.89. The van der Waals surface area contributed by atoms with Gasteiger partial charge in [-0.3, -0.25) is 4.79 Å². The quantitative estimate of drug-likeness (QED) is 0.335. The molecule has 0 fully saturated rings. The van der Waals surface area contributed by atoms with Crippen LogP contribution in [0.4, 0.5) is 0 Å². The molecule has 0 saturated carbocycles. The van der Waals surface area contributed by atoms with E-state index in [0.29, 0.717) is 18.4 Å². The summed E-state index contributed by atoms with van der Waals surface area (Å²) < 4.78 is 4.34. The van der Waals surface area contributed by atoms with Gasteiger partial charge in [-0.15, -0.1) is 0 Å². The molecule has 0 bridgehead atoms. The summed E-state index contributed by atoms with van der Waals surface area (Å²) in [5.74, 6) is 4.32. The lowest BCUT2D eigenvalue weighted by Crippen LogP contribution is -1.98. The molecule has 0 N–H and O–H groups in total. The fourth-order valence-electron chi connectivity index (χ4n) is 1.13. The van der Waals surface area contributed by atoms with E-state index in [-0.39, 0.29) is 5.78 Å². The topological polar surface area (TPSA) is 43.4 Å². The van der Waals surface area contributed by atoms with Crippen molar-refractivity contribution in [3.8, 4) is 11.8 Å². The van der Waals surface area contributed by atoms with Gasteiger partial charge in [-0.1, -0.05) is 36.3 Å². The van der Waals surface area contributed by atoms with E-state index in [4.69, 9.17) is 0 Å².